The molecule has 5 nitrogen and oxygen atoms in total. The molecule has 0 saturated carbocycles. The first-order valence-corrected chi connectivity index (χ1v) is 8.34. The summed E-state index contributed by atoms with van der Waals surface area (Å²) < 4.78 is 41.5. The van der Waals surface area contributed by atoms with Gasteiger partial charge in [-0.05, 0) is 19.1 Å². The van der Waals surface area contributed by atoms with Crippen LogP contribution < -0.4 is 4.31 Å². The highest BCUT2D eigenvalue weighted by atomic mass is 35.5. The number of nitrogens with zero attached hydrogens (tertiary/aromatic N) is 3. The second-order valence-electron chi connectivity index (χ2n) is 4.25. The Kier molecular flexibility index (Phi) is 4.84. The van der Waals surface area contributed by atoms with Gasteiger partial charge in [-0.15, -0.1) is 11.6 Å². The SMILES string of the molecule is CCN(c1ccccc1F)S(=O)(=O)c1cnn(CCCl)c1. The summed E-state index contributed by atoms with van der Waals surface area (Å²) in [5, 5.41) is 3.94. The third-order valence-electron chi connectivity index (χ3n) is 2.92. The predicted octanol–water partition coefficient (Wildman–Crippen LogP) is 2.48. The Morgan fingerprint density at radius 2 is 2.10 bits per heavy atom. The van der Waals surface area contributed by atoms with Gasteiger partial charge in [0.25, 0.3) is 10.0 Å². The van der Waals surface area contributed by atoms with Crippen LogP contribution in [0.2, 0.25) is 0 Å². The molecule has 1 heterocycles. The average molecular weight is 332 g/mol. The van der Waals surface area contributed by atoms with Crippen LogP contribution in [-0.4, -0.2) is 30.6 Å². The minimum absolute atomic E-state index is 0.0118. The molecule has 8 heteroatoms. The van der Waals surface area contributed by atoms with Gasteiger partial charge in [-0.25, -0.2) is 12.8 Å². The first kappa shape index (κ1) is 15.8. The Morgan fingerprint density at radius 1 is 1.38 bits per heavy atom. The monoisotopic (exact) mass is 331 g/mol. The molecule has 114 valence electrons. The normalized spacial score (nSPS) is 11.6. The molecule has 0 fully saturated rings. The fraction of sp³-hybridized carbons (Fsp3) is 0.308. The van der Waals surface area contributed by atoms with Gasteiger partial charge in [0.2, 0.25) is 0 Å². The maximum atomic E-state index is 13.9. The van der Waals surface area contributed by atoms with Crippen molar-refractivity contribution in [3.63, 3.8) is 0 Å². The van der Waals surface area contributed by atoms with E-state index < -0.39 is 15.8 Å². The molecule has 0 N–H and O–H groups in total. The van der Waals surface area contributed by atoms with Gasteiger partial charge < -0.3 is 0 Å². The highest BCUT2D eigenvalue weighted by Crippen LogP contribution is 2.25. The number of para-hydroxylation sites is 1. The molecule has 2 rings (SSSR count). The molecule has 0 spiro atoms. The molecular weight excluding hydrogens is 317 g/mol. The van der Waals surface area contributed by atoms with E-state index in [0.29, 0.717) is 12.4 Å². The Labute approximate surface area is 128 Å². The summed E-state index contributed by atoms with van der Waals surface area (Å²) >= 11 is 5.60. The summed E-state index contributed by atoms with van der Waals surface area (Å²) in [5.74, 6) is -0.262. The maximum Gasteiger partial charge on any atom is 0.267 e. The lowest BCUT2D eigenvalue weighted by Crippen LogP contribution is -2.31. The third-order valence-corrected chi connectivity index (χ3v) is 4.93. The van der Waals surface area contributed by atoms with Crippen molar-refractivity contribution in [1.82, 2.24) is 9.78 Å². The van der Waals surface area contributed by atoms with E-state index in [4.69, 9.17) is 11.6 Å². The number of aryl methyl sites for hydroxylation is 1. The number of benzene rings is 1. The molecule has 21 heavy (non-hydrogen) atoms. The van der Waals surface area contributed by atoms with E-state index in [1.54, 1.807) is 13.0 Å². The number of alkyl halides is 1. The second kappa shape index (κ2) is 6.44. The molecule has 1 aromatic heterocycles. The van der Waals surface area contributed by atoms with E-state index in [0.717, 1.165) is 4.31 Å². The van der Waals surface area contributed by atoms with Gasteiger partial charge in [-0.1, -0.05) is 12.1 Å². The predicted molar refractivity (Wildman–Crippen MR) is 79.6 cm³/mol. The van der Waals surface area contributed by atoms with Crippen LogP contribution in [-0.2, 0) is 16.6 Å². The number of sulfonamides is 1. The van der Waals surface area contributed by atoms with Crippen molar-refractivity contribution in [3.8, 4) is 0 Å². The minimum Gasteiger partial charge on any atom is -0.270 e. The van der Waals surface area contributed by atoms with Crippen LogP contribution in [0.25, 0.3) is 0 Å². The zero-order valence-corrected chi connectivity index (χ0v) is 13.0. The molecule has 0 saturated heterocycles. The fourth-order valence-electron chi connectivity index (χ4n) is 1.94. The first-order valence-electron chi connectivity index (χ1n) is 6.36. The van der Waals surface area contributed by atoms with Crippen LogP contribution in [0.4, 0.5) is 10.1 Å². The molecular formula is C13H15ClFN3O2S. The van der Waals surface area contributed by atoms with Crippen molar-refractivity contribution in [1.29, 1.82) is 0 Å². The van der Waals surface area contributed by atoms with Crippen molar-refractivity contribution in [3.05, 3.63) is 42.5 Å². The largest absolute Gasteiger partial charge is 0.270 e. The summed E-state index contributed by atoms with van der Waals surface area (Å²) in [7, 11) is -3.86. The number of halogens is 2. The standard InChI is InChI=1S/C13H15ClFN3O2S/c1-2-18(13-6-4-3-5-12(13)15)21(19,20)11-9-16-17(10-11)8-7-14/h3-6,9-10H,2,7-8H2,1H3. The number of anilines is 1. The van der Waals surface area contributed by atoms with Gasteiger partial charge in [-0.2, -0.15) is 5.10 Å². The summed E-state index contributed by atoms with van der Waals surface area (Å²) in [6, 6.07) is 5.76. The molecule has 0 aliphatic heterocycles. The Bertz CT molecular complexity index is 718. The topological polar surface area (TPSA) is 55.2 Å². The molecule has 0 amide bonds. The highest BCUT2D eigenvalue weighted by molar-refractivity contribution is 7.92. The zero-order chi connectivity index (χ0) is 15.5. The van der Waals surface area contributed by atoms with E-state index >= 15 is 0 Å². The quantitative estimate of drug-likeness (QED) is 0.764. The van der Waals surface area contributed by atoms with E-state index in [-0.39, 0.29) is 17.1 Å². The minimum atomic E-state index is -3.86. The summed E-state index contributed by atoms with van der Waals surface area (Å²) in [6.07, 6.45) is 2.63. The Balaban J connectivity index is 2.42. The van der Waals surface area contributed by atoms with Crippen LogP contribution in [0, 0.1) is 5.82 Å². The van der Waals surface area contributed by atoms with Crippen molar-refractivity contribution in [2.45, 2.75) is 18.4 Å². The van der Waals surface area contributed by atoms with Crippen LogP contribution >= 0.6 is 11.6 Å². The zero-order valence-electron chi connectivity index (χ0n) is 11.4. The van der Waals surface area contributed by atoms with Crippen LogP contribution in [0.5, 0.6) is 0 Å². The first-order chi connectivity index (χ1) is 10.0. The Hall–Kier alpha value is -1.60. The van der Waals surface area contributed by atoms with E-state index in [9.17, 15) is 12.8 Å². The summed E-state index contributed by atoms with van der Waals surface area (Å²) in [4.78, 5) is 0.0118. The average Bonchev–Trinajstić information content (AvgIpc) is 2.91. The molecule has 0 aliphatic carbocycles. The lowest BCUT2D eigenvalue weighted by atomic mass is 10.3. The second-order valence-corrected chi connectivity index (χ2v) is 6.49. The molecule has 0 aliphatic rings. The van der Waals surface area contributed by atoms with Gasteiger partial charge in [-0.3, -0.25) is 8.99 Å². The highest BCUT2D eigenvalue weighted by Gasteiger charge is 2.26. The van der Waals surface area contributed by atoms with Crippen molar-refractivity contribution >= 4 is 27.3 Å². The fourth-order valence-corrected chi connectivity index (χ4v) is 3.55. The van der Waals surface area contributed by atoms with E-state index in [1.165, 1.54) is 35.3 Å². The molecule has 0 radical (unpaired) electrons. The molecule has 2 aromatic rings. The Morgan fingerprint density at radius 3 is 2.71 bits per heavy atom. The molecule has 0 bridgehead atoms. The van der Waals surface area contributed by atoms with Crippen LogP contribution in [0.3, 0.4) is 0 Å². The van der Waals surface area contributed by atoms with Gasteiger partial charge in [0.15, 0.2) is 0 Å². The van der Waals surface area contributed by atoms with Crippen molar-refractivity contribution in [2.75, 3.05) is 16.7 Å². The maximum absolute atomic E-state index is 13.9. The summed E-state index contributed by atoms with van der Waals surface area (Å²) in [5.41, 5.74) is 0.0186. The number of aromatic nitrogens is 2. The lowest BCUT2D eigenvalue weighted by molar-refractivity contribution is 0.586. The van der Waals surface area contributed by atoms with Crippen molar-refractivity contribution < 1.29 is 12.8 Å². The van der Waals surface area contributed by atoms with Gasteiger partial charge in [0.05, 0.1) is 18.4 Å². The van der Waals surface area contributed by atoms with Gasteiger partial charge >= 0.3 is 0 Å². The summed E-state index contributed by atoms with van der Waals surface area (Å²) in [6.45, 7) is 2.17. The van der Waals surface area contributed by atoms with Crippen LogP contribution in [0.15, 0.2) is 41.6 Å². The van der Waals surface area contributed by atoms with Gasteiger partial charge in [0.1, 0.15) is 10.7 Å². The lowest BCUT2D eigenvalue weighted by Gasteiger charge is -2.22. The van der Waals surface area contributed by atoms with Crippen LogP contribution in [0.1, 0.15) is 6.92 Å². The van der Waals surface area contributed by atoms with E-state index in [2.05, 4.69) is 5.10 Å². The number of hydrogen-bond acceptors (Lipinski definition) is 3. The third kappa shape index (κ3) is 3.19. The van der Waals surface area contributed by atoms with Crippen molar-refractivity contribution in [2.24, 2.45) is 0 Å². The number of rotatable bonds is 6. The molecule has 0 unspecified atom stereocenters. The number of hydrogen-bond donors (Lipinski definition) is 0. The van der Waals surface area contributed by atoms with Gasteiger partial charge in [0, 0.05) is 18.6 Å². The smallest absolute Gasteiger partial charge is 0.267 e. The van der Waals surface area contributed by atoms with E-state index in [1.807, 2.05) is 0 Å². The molecule has 0 atom stereocenters. The molecule has 1 aromatic carbocycles.